The fraction of sp³-hybridized carbons (Fsp3) is 0.278. The second kappa shape index (κ2) is 12.2. The zero-order chi connectivity index (χ0) is 30.0. The number of nitrogens with one attached hydrogen (secondary N) is 2. The first kappa shape index (κ1) is 28.3. The summed E-state index contributed by atoms with van der Waals surface area (Å²) in [6.07, 6.45) is 7.80. The number of fused-ring (bicyclic) bond motifs is 2. The van der Waals surface area contributed by atoms with Crippen LogP contribution in [0, 0.1) is 5.82 Å². The van der Waals surface area contributed by atoms with E-state index in [1.54, 1.807) is 6.07 Å². The fourth-order valence-corrected chi connectivity index (χ4v) is 6.19. The van der Waals surface area contributed by atoms with E-state index in [-0.39, 0.29) is 5.82 Å². The van der Waals surface area contributed by atoms with Crippen LogP contribution in [-0.4, -0.2) is 70.3 Å². The number of benzene rings is 3. The van der Waals surface area contributed by atoms with Crippen molar-refractivity contribution < 1.29 is 9.13 Å². The van der Waals surface area contributed by atoms with Crippen LogP contribution in [0.4, 0.5) is 4.39 Å². The summed E-state index contributed by atoms with van der Waals surface area (Å²) in [5.41, 5.74) is 8.80. The van der Waals surface area contributed by atoms with Crippen LogP contribution in [0.15, 0.2) is 79.1 Å². The van der Waals surface area contributed by atoms with Gasteiger partial charge in [-0.15, -0.1) is 0 Å². The molecule has 0 bridgehead atoms. The molecule has 0 amide bonds. The van der Waals surface area contributed by atoms with Gasteiger partial charge in [-0.2, -0.15) is 5.10 Å². The first-order valence-corrected chi connectivity index (χ1v) is 15.4. The Bertz CT molecular complexity index is 1920. The molecule has 1 aliphatic rings. The summed E-state index contributed by atoms with van der Waals surface area (Å²) in [5.74, 6) is 0.199. The number of aromatic amines is 2. The summed E-state index contributed by atoms with van der Waals surface area (Å²) in [7, 11) is 3.97. The lowest BCUT2D eigenvalue weighted by Crippen LogP contribution is -2.29. The van der Waals surface area contributed by atoms with Gasteiger partial charge in [0, 0.05) is 53.4 Å². The molecular weight excluding hydrogens is 551 g/mol. The predicted octanol–water partition coefficient (Wildman–Crippen LogP) is 7.51. The molecule has 4 heterocycles. The third kappa shape index (κ3) is 5.96. The number of H-pyrrole nitrogens is 2. The lowest BCUT2D eigenvalue weighted by molar-refractivity contribution is 0.220. The first-order chi connectivity index (χ1) is 21.5. The highest BCUT2D eigenvalue weighted by molar-refractivity contribution is 6.02. The number of hydrogen-bond acceptors (Lipinski definition) is 5. The van der Waals surface area contributed by atoms with Gasteiger partial charge in [0.15, 0.2) is 0 Å². The number of ether oxygens (including phenoxy) is 1. The van der Waals surface area contributed by atoms with E-state index in [0.717, 1.165) is 81.6 Å². The predicted molar refractivity (Wildman–Crippen MR) is 175 cm³/mol. The topological polar surface area (TPSA) is 73.1 Å². The van der Waals surface area contributed by atoms with Gasteiger partial charge in [0.05, 0.1) is 11.2 Å². The minimum absolute atomic E-state index is 0.324. The molecule has 0 aliphatic carbocycles. The fourth-order valence-electron chi connectivity index (χ4n) is 6.19. The molecule has 3 aromatic carbocycles. The van der Waals surface area contributed by atoms with E-state index in [2.05, 4.69) is 50.3 Å². The maximum Gasteiger partial charge on any atom is 0.127 e. The summed E-state index contributed by atoms with van der Waals surface area (Å²) in [5, 5.41) is 9.93. The molecule has 0 spiro atoms. The van der Waals surface area contributed by atoms with Crippen LogP contribution < -0.4 is 4.74 Å². The van der Waals surface area contributed by atoms with Crippen molar-refractivity contribution >= 4 is 21.8 Å². The monoisotopic (exact) mass is 588 g/mol. The smallest absolute Gasteiger partial charge is 0.127 e. The number of hydrogen-bond donors (Lipinski definition) is 2. The van der Waals surface area contributed by atoms with Crippen LogP contribution in [0.3, 0.4) is 0 Å². The number of pyridine rings is 1. The minimum atomic E-state index is -0.324. The SMILES string of the molecule is CN(C)CCOc1cc(F)cc(-c2cccc3[nH]c(-c4n[nH]c5ccc(-c6cncc(CN7CCCCC7)c6)cc45)cc23)c1. The summed E-state index contributed by atoms with van der Waals surface area (Å²) in [6.45, 7) is 4.49. The van der Waals surface area contributed by atoms with Crippen molar-refractivity contribution in [1.82, 2.24) is 30.0 Å². The van der Waals surface area contributed by atoms with Gasteiger partial charge in [-0.1, -0.05) is 24.6 Å². The molecule has 0 radical (unpaired) electrons. The summed E-state index contributed by atoms with van der Waals surface area (Å²) in [6, 6.07) is 21.7. The largest absolute Gasteiger partial charge is 0.492 e. The maximum atomic E-state index is 14.7. The van der Waals surface area contributed by atoms with Crippen LogP contribution in [0.25, 0.3) is 55.4 Å². The normalized spacial score (nSPS) is 14.2. The van der Waals surface area contributed by atoms with Crippen LogP contribution >= 0.6 is 0 Å². The molecule has 6 aromatic rings. The highest BCUT2D eigenvalue weighted by Crippen LogP contribution is 2.36. The summed E-state index contributed by atoms with van der Waals surface area (Å²) < 4.78 is 20.6. The molecule has 44 heavy (non-hydrogen) atoms. The van der Waals surface area contributed by atoms with Gasteiger partial charge in [-0.25, -0.2) is 4.39 Å². The van der Waals surface area contributed by atoms with Crippen molar-refractivity contribution in [2.45, 2.75) is 25.8 Å². The van der Waals surface area contributed by atoms with E-state index in [1.807, 2.05) is 55.7 Å². The van der Waals surface area contributed by atoms with Crippen LogP contribution in [-0.2, 0) is 6.54 Å². The molecule has 8 heteroatoms. The molecule has 0 atom stereocenters. The Morgan fingerprint density at radius 2 is 1.75 bits per heavy atom. The number of piperidine rings is 1. The highest BCUT2D eigenvalue weighted by atomic mass is 19.1. The Kier molecular flexibility index (Phi) is 7.85. The molecule has 1 saturated heterocycles. The van der Waals surface area contributed by atoms with Gasteiger partial charge >= 0.3 is 0 Å². The van der Waals surface area contributed by atoms with Crippen molar-refractivity contribution in [3.05, 3.63) is 90.5 Å². The molecule has 224 valence electrons. The molecule has 3 aromatic heterocycles. The molecule has 7 nitrogen and oxygen atoms in total. The van der Waals surface area contributed by atoms with Gasteiger partial charge in [0.1, 0.15) is 23.9 Å². The third-order valence-electron chi connectivity index (χ3n) is 8.45. The third-order valence-corrected chi connectivity index (χ3v) is 8.45. The molecule has 0 unspecified atom stereocenters. The Hall–Kier alpha value is -4.53. The van der Waals surface area contributed by atoms with Gasteiger partial charge in [0.2, 0.25) is 0 Å². The lowest BCUT2D eigenvalue weighted by atomic mass is 10.0. The molecular formula is C36H37FN6O. The van der Waals surface area contributed by atoms with E-state index < -0.39 is 0 Å². The number of halogens is 1. The molecule has 7 rings (SSSR count). The average Bonchev–Trinajstić information content (AvgIpc) is 3.65. The number of likely N-dealkylation sites (tertiary alicyclic amines) is 1. The number of aromatic nitrogens is 4. The van der Waals surface area contributed by atoms with Crippen molar-refractivity contribution in [2.75, 3.05) is 40.3 Å². The van der Waals surface area contributed by atoms with E-state index in [9.17, 15) is 4.39 Å². The van der Waals surface area contributed by atoms with Crippen LogP contribution in [0.5, 0.6) is 5.75 Å². The molecule has 1 aliphatic heterocycles. The van der Waals surface area contributed by atoms with Gasteiger partial charge in [-0.3, -0.25) is 15.0 Å². The van der Waals surface area contributed by atoms with Gasteiger partial charge < -0.3 is 14.6 Å². The van der Waals surface area contributed by atoms with E-state index in [1.165, 1.54) is 30.9 Å². The Labute approximate surface area is 256 Å². The van der Waals surface area contributed by atoms with Gasteiger partial charge in [0.25, 0.3) is 0 Å². The van der Waals surface area contributed by atoms with Gasteiger partial charge in [-0.05, 0) is 105 Å². The highest BCUT2D eigenvalue weighted by Gasteiger charge is 2.16. The first-order valence-electron chi connectivity index (χ1n) is 15.4. The second-order valence-corrected chi connectivity index (χ2v) is 12.0. The Morgan fingerprint density at radius 3 is 2.61 bits per heavy atom. The summed E-state index contributed by atoms with van der Waals surface area (Å²) in [4.78, 5) is 12.7. The zero-order valence-corrected chi connectivity index (χ0v) is 25.2. The van der Waals surface area contributed by atoms with E-state index in [4.69, 9.17) is 9.84 Å². The number of rotatable bonds is 9. The van der Waals surface area contributed by atoms with Crippen molar-refractivity contribution in [2.24, 2.45) is 0 Å². The van der Waals surface area contributed by atoms with Crippen LogP contribution in [0.1, 0.15) is 24.8 Å². The standard InChI is InChI=1S/C36H37FN6O/c1-42(2)13-14-44-29-17-26(16-28(37)19-29)30-7-6-8-33-31(30)20-35(39-33)36-32-18-25(9-10-34(32)40-41-36)27-15-24(21-38-22-27)23-43-11-4-3-5-12-43/h6-10,15-22,39H,3-5,11-14,23H2,1-2H3,(H,40,41). The van der Waals surface area contributed by atoms with Crippen molar-refractivity contribution in [3.8, 4) is 39.4 Å². The zero-order valence-electron chi connectivity index (χ0n) is 25.2. The summed E-state index contributed by atoms with van der Waals surface area (Å²) >= 11 is 0. The maximum absolute atomic E-state index is 14.7. The van der Waals surface area contributed by atoms with E-state index in [0.29, 0.717) is 12.4 Å². The number of likely N-dealkylation sites (N-methyl/N-ethyl adjacent to an activating group) is 1. The van der Waals surface area contributed by atoms with Crippen LogP contribution in [0.2, 0.25) is 0 Å². The second-order valence-electron chi connectivity index (χ2n) is 12.0. The van der Waals surface area contributed by atoms with Crippen molar-refractivity contribution in [3.63, 3.8) is 0 Å². The number of nitrogens with zero attached hydrogens (tertiary/aromatic N) is 4. The molecule has 2 N–H and O–H groups in total. The van der Waals surface area contributed by atoms with E-state index >= 15 is 0 Å². The minimum Gasteiger partial charge on any atom is -0.492 e. The quantitative estimate of drug-likeness (QED) is 0.183. The Morgan fingerprint density at radius 1 is 0.864 bits per heavy atom. The van der Waals surface area contributed by atoms with Crippen molar-refractivity contribution in [1.29, 1.82) is 0 Å². The lowest BCUT2D eigenvalue weighted by Gasteiger charge is -2.26. The molecule has 1 fully saturated rings. The Balaban J connectivity index is 1.21. The average molecular weight is 589 g/mol. The molecule has 0 saturated carbocycles.